The van der Waals surface area contributed by atoms with E-state index in [1.165, 1.54) is 44.3 Å². The lowest BCUT2D eigenvalue weighted by Gasteiger charge is -2.42. The summed E-state index contributed by atoms with van der Waals surface area (Å²) >= 11 is 6.20. The topological polar surface area (TPSA) is 23.5 Å². The largest absolute Gasteiger partial charge is 0.392 e. The van der Waals surface area contributed by atoms with Crippen LogP contribution in [0.5, 0.6) is 0 Å². The summed E-state index contributed by atoms with van der Waals surface area (Å²) in [4.78, 5) is 2.47. The highest BCUT2D eigenvalue weighted by molar-refractivity contribution is 6.31. The smallest absolute Gasteiger partial charge is 0.0696 e. The van der Waals surface area contributed by atoms with E-state index in [1.807, 2.05) is 12.1 Å². The Kier molecular flexibility index (Phi) is 3.99. The molecule has 0 amide bonds. The van der Waals surface area contributed by atoms with Gasteiger partial charge in [0.05, 0.1) is 6.61 Å². The summed E-state index contributed by atoms with van der Waals surface area (Å²) in [7, 11) is 0. The van der Waals surface area contributed by atoms with Gasteiger partial charge in [0.25, 0.3) is 0 Å². The number of aliphatic hydroxyl groups excluding tert-OH is 1. The molecule has 104 valence electrons. The zero-order valence-corrected chi connectivity index (χ0v) is 12.1. The molecular formula is C16H22ClNO. The number of benzene rings is 1. The maximum absolute atomic E-state index is 9.18. The number of aliphatic hydroxyl groups is 1. The Morgan fingerprint density at radius 2 is 1.95 bits per heavy atom. The van der Waals surface area contributed by atoms with E-state index in [9.17, 15) is 5.11 Å². The molecule has 2 nitrogen and oxygen atoms in total. The first-order valence-electron chi connectivity index (χ1n) is 7.42. The predicted octanol–water partition coefficient (Wildman–Crippen LogP) is 3.85. The van der Waals surface area contributed by atoms with E-state index in [2.05, 4.69) is 11.0 Å². The van der Waals surface area contributed by atoms with Crippen molar-refractivity contribution in [3.8, 4) is 0 Å². The molecule has 1 aromatic carbocycles. The first kappa shape index (κ1) is 13.3. The minimum atomic E-state index is 0.0177. The van der Waals surface area contributed by atoms with Gasteiger partial charge in [-0.2, -0.15) is 0 Å². The zero-order chi connectivity index (χ0) is 13.2. The molecule has 0 bridgehead atoms. The van der Waals surface area contributed by atoms with Gasteiger partial charge < -0.3 is 10.0 Å². The number of rotatable bonds is 2. The minimum absolute atomic E-state index is 0.0177. The fourth-order valence-electron chi connectivity index (χ4n) is 3.70. The highest BCUT2D eigenvalue weighted by Crippen LogP contribution is 2.38. The Morgan fingerprint density at radius 3 is 2.68 bits per heavy atom. The van der Waals surface area contributed by atoms with Crippen molar-refractivity contribution >= 4 is 17.3 Å². The summed E-state index contributed by atoms with van der Waals surface area (Å²) in [6.45, 7) is 2.35. The third-order valence-electron chi connectivity index (χ3n) is 4.86. The van der Waals surface area contributed by atoms with Gasteiger partial charge in [0.2, 0.25) is 0 Å². The van der Waals surface area contributed by atoms with E-state index in [4.69, 9.17) is 11.6 Å². The molecule has 19 heavy (non-hydrogen) atoms. The standard InChI is InChI=1S/C16H22ClNO/c17-16-9-15(6-5-14(16)11-19)18-8-7-12-3-1-2-4-13(12)10-18/h5-6,9,12-13,19H,1-4,7-8,10-11H2. The van der Waals surface area contributed by atoms with Crippen LogP contribution in [0.25, 0.3) is 0 Å². The molecule has 2 unspecified atom stereocenters. The van der Waals surface area contributed by atoms with E-state index in [-0.39, 0.29) is 6.61 Å². The second kappa shape index (κ2) is 5.72. The lowest BCUT2D eigenvalue weighted by Crippen LogP contribution is -2.41. The van der Waals surface area contributed by atoms with Gasteiger partial charge in [-0.05, 0) is 42.4 Å². The number of fused-ring (bicyclic) bond motifs is 1. The number of anilines is 1. The molecule has 1 saturated carbocycles. The van der Waals surface area contributed by atoms with Crippen molar-refractivity contribution in [2.75, 3.05) is 18.0 Å². The molecule has 1 aromatic rings. The van der Waals surface area contributed by atoms with Gasteiger partial charge in [0.1, 0.15) is 0 Å². The van der Waals surface area contributed by atoms with Crippen molar-refractivity contribution in [3.63, 3.8) is 0 Å². The van der Waals surface area contributed by atoms with Crippen LogP contribution in [-0.4, -0.2) is 18.2 Å². The summed E-state index contributed by atoms with van der Waals surface area (Å²) in [5, 5.41) is 9.86. The molecule has 1 aliphatic carbocycles. The first-order chi connectivity index (χ1) is 9.28. The molecule has 2 aliphatic rings. The molecule has 3 rings (SSSR count). The van der Waals surface area contributed by atoms with Gasteiger partial charge in [-0.1, -0.05) is 36.9 Å². The summed E-state index contributed by atoms with van der Waals surface area (Å²) in [5.74, 6) is 1.83. The molecule has 1 aliphatic heterocycles. The number of hydrogen-bond acceptors (Lipinski definition) is 2. The van der Waals surface area contributed by atoms with Gasteiger partial charge in [-0.3, -0.25) is 0 Å². The predicted molar refractivity (Wildman–Crippen MR) is 79.7 cm³/mol. The second-order valence-corrected chi connectivity index (χ2v) is 6.38. The van der Waals surface area contributed by atoms with E-state index in [1.54, 1.807) is 0 Å². The maximum Gasteiger partial charge on any atom is 0.0696 e. The third-order valence-corrected chi connectivity index (χ3v) is 5.22. The Labute approximate surface area is 120 Å². The van der Waals surface area contributed by atoms with Crippen molar-refractivity contribution in [2.45, 2.75) is 38.7 Å². The van der Waals surface area contributed by atoms with Crippen LogP contribution in [0.4, 0.5) is 5.69 Å². The van der Waals surface area contributed by atoms with Crippen molar-refractivity contribution in [2.24, 2.45) is 11.8 Å². The molecule has 1 saturated heterocycles. The number of piperidine rings is 1. The Morgan fingerprint density at radius 1 is 1.16 bits per heavy atom. The molecular weight excluding hydrogens is 258 g/mol. The van der Waals surface area contributed by atoms with Crippen molar-refractivity contribution in [3.05, 3.63) is 28.8 Å². The molecule has 1 heterocycles. The lowest BCUT2D eigenvalue weighted by molar-refractivity contribution is 0.202. The average molecular weight is 280 g/mol. The van der Waals surface area contributed by atoms with E-state index in [0.717, 1.165) is 23.9 Å². The number of hydrogen-bond donors (Lipinski definition) is 1. The monoisotopic (exact) mass is 279 g/mol. The van der Waals surface area contributed by atoms with Gasteiger partial charge in [0.15, 0.2) is 0 Å². The summed E-state index contributed by atoms with van der Waals surface area (Å²) in [6, 6.07) is 6.06. The van der Waals surface area contributed by atoms with Crippen LogP contribution in [0.3, 0.4) is 0 Å². The van der Waals surface area contributed by atoms with Gasteiger partial charge in [0, 0.05) is 23.8 Å². The van der Waals surface area contributed by atoms with E-state index < -0.39 is 0 Å². The third kappa shape index (κ3) is 2.75. The van der Waals surface area contributed by atoms with Crippen LogP contribution in [-0.2, 0) is 6.61 Å². The minimum Gasteiger partial charge on any atom is -0.392 e. The summed E-state index contributed by atoms with van der Waals surface area (Å²) < 4.78 is 0. The SMILES string of the molecule is OCc1ccc(N2CCC3CCCCC3C2)cc1Cl. The fraction of sp³-hybridized carbons (Fsp3) is 0.625. The maximum atomic E-state index is 9.18. The Hall–Kier alpha value is -0.730. The van der Waals surface area contributed by atoms with E-state index in [0.29, 0.717) is 5.02 Å². The van der Waals surface area contributed by atoms with Gasteiger partial charge in [-0.15, -0.1) is 0 Å². The molecule has 0 aromatic heterocycles. The summed E-state index contributed by atoms with van der Waals surface area (Å²) in [5.41, 5.74) is 2.03. The number of nitrogens with zero attached hydrogens (tertiary/aromatic N) is 1. The second-order valence-electron chi connectivity index (χ2n) is 5.97. The van der Waals surface area contributed by atoms with Gasteiger partial charge >= 0.3 is 0 Å². The van der Waals surface area contributed by atoms with Crippen LogP contribution in [0, 0.1) is 11.8 Å². The van der Waals surface area contributed by atoms with Crippen molar-refractivity contribution in [1.82, 2.24) is 0 Å². The highest BCUT2D eigenvalue weighted by Gasteiger charge is 2.31. The molecule has 2 atom stereocenters. The molecule has 0 spiro atoms. The zero-order valence-electron chi connectivity index (χ0n) is 11.3. The lowest BCUT2D eigenvalue weighted by atomic mass is 9.75. The number of halogens is 1. The molecule has 1 N–H and O–H groups in total. The highest BCUT2D eigenvalue weighted by atomic mass is 35.5. The Balaban J connectivity index is 1.74. The Bertz CT molecular complexity index is 448. The fourth-order valence-corrected chi connectivity index (χ4v) is 3.93. The van der Waals surface area contributed by atoms with Crippen LogP contribution in [0.1, 0.15) is 37.7 Å². The first-order valence-corrected chi connectivity index (χ1v) is 7.80. The molecule has 2 fully saturated rings. The summed E-state index contributed by atoms with van der Waals surface area (Å²) in [6.07, 6.45) is 6.98. The van der Waals surface area contributed by atoms with Crippen LogP contribution in [0.15, 0.2) is 18.2 Å². The van der Waals surface area contributed by atoms with Gasteiger partial charge in [-0.25, -0.2) is 0 Å². The van der Waals surface area contributed by atoms with Crippen LogP contribution < -0.4 is 4.90 Å². The van der Waals surface area contributed by atoms with Crippen molar-refractivity contribution < 1.29 is 5.11 Å². The van der Waals surface area contributed by atoms with Crippen LogP contribution in [0.2, 0.25) is 5.02 Å². The normalized spacial score (nSPS) is 27.2. The van der Waals surface area contributed by atoms with Crippen molar-refractivity contribution in [1.29, 1.82) is 0 Å². The average Bonchev–Trinajstić information content (AvgIpc) is 2.46. The van der Waals surface area contributed by atoms with Crippen LogP contribution >= 0.6 is 11.6 Å². The molecule has 3 heteroatoms. The molecule has 0 radical (unpaired) electrons. The quantitative estimate of drug-likeness (QED) is 0.889. The van der Waals surface area contributed by atoms with E-state index >= 15 is 0 Å².